The number of likely N-dealkylation sites (tertiary alicyclic amines) is 1. The molecule has 0 aromatic carbocycles. The minimum Gasteiger partial charge on any atom is -0.348 e. The van der Waals surface area contributed by atoms with Gasteiger partial charge >= 0.3 is 0 Å². The second-order valence-electron chi connectivity index (χ2n) is 7.00. The first-order valence-corrected chi connectivity index (χ1v) is 8.74. The molecule has 0 radical (unpaired) electrons. The maximum absolute atomic E-state index is 12.0. The monoisotopic (exact) mass is 345 g/mol. The van der Waals surface area contributed by atoms with E-state index in [0.29, 0.717) is 19.0 Å². The Morgan fingerprint density at radius 3 is 2.84 bits per heavy atom. The predicted molar refractivity (Wildman–Crippen MR) is 94.2 cm³/mol. The van der Waals surface area contributed by atoms with E-state index in [1.54, 1.807) is 25.2 Å². The van der Waals surface area contributed by atoms with Crippen molar-refractivity contribution in [2.75, 3.05) is 33.7 Å². The smallest absolute Gasteiger partial charge is 0.236 e. The molecule has 1 aliphatic rings. The van der Waals surface area contributed by atoms with Crippen molar-refractivity contribution < 1.29 is 4.79 Å². The summed E-state index contributed by atoms with van der Waals surface area (Å²) >= 11 is 0. The van der Waals surface area contributed by atoms with E-state index in [0.717, 1.165) is 43.4 Å². The van der Waals surface area contributed by atoms with Crippen molar-refractivity contribution in [3.63, 3.8) is 0 Å². The van der Waals surface area contributed by atoms with Gasteiger partial charge in [-0.2, -0.15) is 0 Å². The van der Waals surface area contributed by atoms with Crippen LogP contribution in [0.3, 0.4) is 0 Å². The lowest BCUT2D eigenvalue weighted by Gasteiger charge is -2.32. The highest BCUT2D eigenvalue weighted by molar-refractivity contribution is 5.77. The molecule has 1 amide bonds. The van der Waals surface area contributed by atoms with Crippen LogP contribution in [0.2, 0.25) is 0 Å². The van der Waals surface area contributed by atoms with Crippen LogP contribution in [-0.2, 0) is 18.4 Å². The van der Waals surface area contributed by atoms with Crippen molar-refractivity contribution in [2.24, 2.45) is 7.05 Å². The largest absolute Gasteiger partial charge is 0.348 e. The second kappa shape index (κ2) is 7.35. The van der Waals surface area contributed by atoms with Gasteiger partial charge in [0.05, 0.1) is 13.1 Å². The zero-order valence-electron chi connectivity index (χ0n) is 15.5. The van der Waals surface area contributed by atoms with E-state index in [1.807, 2.05) is 20.2 Å². The molecule has 3 rings (SSSR count). The lowest BCUT2D eigenvalue weighted by atomic mass is 9.97. The Balaban J connectivity index is 1.69. The summed E-state index contributed by atoms with van der Waals surface area (Å²) in [7, 11) is 5.63. The molecule has 1 saturated heterocycles. The van der Waals surface area contributed by atoms with Gasteiger partial charge in [0.15, 0.2) is 5.82 Å². The molecule has 3 heterocycles. The van der Waals surface area contributed by atoms with Gasteiger partial charge in [-0.05, 0) is 26.3 Å². The van der Waals surface area contributed by atoms with Crippen LogP contribution >= 0.6 is 0 Å². The van der Waals surface area contributed by atoms with E-state index >= 15 is 0 Å². The molecule has 0 N–H and O–H groups in total. The molecule has 8 heteroatoms. The highest BCUT2D eigenvalue weighted by Crippen LogP contribution is 2.25. The van der Waals surface area contributed by atoms with Crippen LogP contribution in [0.1, 0.15) is 36.2 Å². The highest BCUT2D eigenvalue weighted by atomic mass is 16.2. The zero-order chi connectivity index (χ0) is 18.0. The molecule has 0 saturated carbocycles. The number of hydrogen-bond acceptors (Lipinski definition) is 5. The predicted octanol–water partition coefficient (Wildman–Crippen LogP) is 0.636. The van der Waals surface area contributed by atoms with Crippen molar-refractivity contribution in [1.82, 2.24) is 34.1 Å². The summed E-state index contributed by atoms with van der Waals surface area (Å²) in [5, 5.41) is 8.85. The summed E-state index contributed by atoms with van der Waals surface area (Å²) < 4.78 is 4.16. The van der Waals surface area contributed by atoms with Crippen molar-refractivity contribution in [2.45, 2.75) is 32.2 Å². The third-order valence-corrected chi connectivity index (χ3v) is 4.96. The average Bonchev–Trinajstić information content (AvgIpc) is 3.15. The lowest BCUT2D eigenvalue weighted by molar-refractivity contribution is -0.130. The van der Waals surface area contributed by atoms with Gasteiger partial charge in [-0.1, -0.05) is 0 Å². The van der Waals surface area contributed by atoms with Crippen LogP contribution in [0.25, 0.3) is 0 Å². The van der Waals surface area contributed by atoms with Crippen molar-refractivity contribution in [3.8, 4) is 0 Å². The lowest BCUT2D eigenvalue weighted by Crippen LogP contribution is -2.42. The van der Waals surface area contributed by atoms with Crippen LogP contribution < -0.4 is 0 Å². The first kappa shape index (κ1) is 17.6. The Morgan fingerprint density at radius 2 is 2.16 bits per heavy atom. The van der Waals surface area contributed by atoms with Gasteiger partial charge in [0.2, 0.25) is 5.91 Å². The van der Waals surface area contributed by atoms with Crippen molar-refractivity contribution >= 4 is 5.91 Å². The molecule has 0 aliphatic carbocycles. The van der Waals surface area contributed by atoms with Crippen LogP contribution in [0.4, 0.5) is 0 Å². The molecular weight excluding hydrogens is 318 g/mol. The molecule has 1 aliphatic heterocycles. The van der Waals surface area contributed by atoms with E-state index in [9.17, 15) is 4.79 Å². The molecular formula is C17H27N7O. The van der Waals surface area contributed by atoms with Crippen LogP contribution in [-0.4, -0.2) is 73.8 Å². The zero-order valence-corrected chi connectivity index (χ0v) is 15.5. The molecule has 2 aromatic rings. The molecule has 2 aromatic heterocycles. The number of aromatic nitrogens is 5. The number of carbonyl (C=O) groups is 1. The molecule has 0 spiro atoms. The summed E-state index contributed by atoms with van der Waals surface area (Å²) in [5.41, 5.74) is 0. The van der Waals surface area contributed by atoms with E-state index in [2.05, 4.69) is 29.2 Å². The molecule has 1 atom stereocenters. The molecule has 0 unspecified atom stereocenters. The van der Waals surface area contributed by atoms with Gasteiger partial charge in [0.1, 0.15) is 11.6 Å². The number of hydrogen-bond donors (Lipinski definition) is 0. The van der Waals surface area contributed by atoms with Gasteiger partial charge < -0.3 is 14.0 Å². The highest BCUT2D eigenvalue weighted by Gasteiger charge is 2.27. The number of imidazole rings is 1. The summed E-state index contributed by atoms with van der Waals surface area (Å²) in [6.07, 6.45) is 5.92. The molecule has 0 bridgehead atoms. The van der Waals surface area contributed by atoms with Crippen molar-refractivity contribution in [3.05, 3.63) is 29.9 Å². The summed E-state index contributed by atoms with van der Waals surface area (Å²) in [5.74, 6) is 3.37. The summed E-state index contributed by atoms with van der Waals surface area (Å²) in [6, 6.07) is 0. The molecule has 1 fully saturated rings. The minimum atomic E-state index is 0.148. The topological polar surface area (TPSA) is 72.1 Å². The summed E-state index contributed by atoms with van der Waals surface area (Å²) in [6.45, 7) is 4.95. The standard InChI is InChI=1S/C17H27N7O/c1-13-18-7-9-24(13)11-15-19-20-17(22(15)4)14-6-5-8-23(10-14)12-16(25)21(2)3/h7,9,14H,5-6,8,10-12H2,1-4H3/t14-/m1/s1. The van der Waals surface area contributed by atoms with Crippen LogP contribution in [0, 0.1) is 6.92 Å². The Bertz CT molecular complexity index is 733. The van der Waals surface area contributed by atoms with Crippen molar-refractivity contribution in [1.29, 1.82) is 0 Å². The summed E-state index contributed by atoms with van der Waals surface area (Å²) in [4.78, 5) is 20.1. The van der Waals surface area contributed by atoms with E-state index in [4.69, 9.17) is 0 Å². The number of rotatable bonds is 5. The van der Waals surface area contributed by atoms with Gasteiger partial charge in [0.25, 0.3) is 0 Å². The first-order valence-electron chi connectivity index (χ1n) is 8.74. The Kier molecular flexibility index (Phi) is 5.17. The van der Waals surface area contributed by atoms with Crippen LogP contribution in [0.5, 0.6) is 0 Å². The van der Waals surface area contributed by atoms with Gasteiger partial charge in [0, 0.05) is 46.0 Å². The number of aryl methyl sites for hydroxylation is 1. The van der Waals surface area contributed by atoms with E-state index in [1.165, 1.54) is 0 Å². The van der Waals surface area contributed by atoms with Gasteiger partial charge in [-0.25, -0.2) is 4.98 Å². The number of piperidine rings is 1. The van der Waals surface area contributed by atoms with Gasteiger partial charge in [-0.15, -0.1) is 10.2 Å². The van der Waals surface area contributed by atoms with Crippen LogP contribution in [0.15, 0.2) is 12.4 Å². The fraction of sp³-hybridized carbons (Fsp3) is 0.647. The normalized spacial score (nSPS) is 18.5. The van der Waals surface area contributed by atoms with E-state index in [-0.39, 0.29) is 5.91 Å². The number of amides is 1. The third-order valence-electron chi connectivity index (χ3n) is 4.96. The number of nitrogens with zero attached hydrogens (tertiary/aromatic N) is 7. The maximum atomic E-state index is 12.0. The maximum Gasteiger partial charge on any atom is 0.236 e. The third kappa shape index (κ3) is 3.89. The quantitative estimate of drug-likeness (QED) is 0.795. The fourth-order valence-electron chi connectivity index (χ4n) is 3.33. The number of carbonyl (C=O) groups excluding carboxylic acids is 1. The number of likely N-dealkylation sites (N-methyl/N-ethyl adjacent to an activating group) is 1. The van der Waals surface area contributed by atoms with E-state index < -0.39 is 0 Å². The fourth-order valence-corrected chi connectivity index (χ4v) is 3.33. The Morgan fingerprint density at radius 1 is 1.36 bits per heavy atom. The Hall–Kier alpha value is -2.22. The van der Waals surface area contributed by atoms with Gasteiger partial charge in [-0.3, -0.25) is 9.69 Å². The second-order valence-corrected chi connectivity index (χ2v) is 7.00. The molecule has 25 heavy (non-hydrogen) atoms. The Labute approximate surface area is 148 Å². The minimum absolute atomic E-state index is 0.148. The SMILES string of the molecule is Cc1nccn1Cc1nnc([C@@H]2CCCN(CC(=O)N(C)C)C2)n1C. The molecule has 8 nitrogen and oxygen atoms in total. The molecule has 136 valence electrons. The first-order chi connectivity index (χ1) is 12.0. The average molecular weight is 345 g/mol.